The molecule has 0 atom stereocenters. The second-order valence-corrected chi connectivity index (χ2v) is 7.91. The number of benzene rings is 2. The lowest BCUT2D eigenvalue weighted by atomic mass is 10.1. The monoisotopic (exact) mass is 422 g/mol. The van der Waals surface area contributed by atoms with Crippen molar-refractivity contribution in [3.05, 3.63) is 89.4 Å². The van der Waals surface area contributed by atoms with Crippen LogP contribution in [0.15, 0.2) is 76.2 Å². The third kappa shape index (κ3) is 6.26. The normalized spacial score (nSPS) is 10.6. The molecule has 0 radical (unpaired) electrons. The van der Waals surface area contributed by atoms with Gasteiger partial charge in [-0.05, 0) is 42.3 Å². The standard InChI is InChI=1S/C24H26N2O3S/c1-2-3-14-25-23(27)19-11-9-18(10-12-19)16-26-24(28)22-20(13-15-29-22)17-30-21-7-5-4-6-8-21/h4-13,15H,2-3,14,16-17H2,1H3,(H,25,27)(H,26,28). The van der Waals surface area contributed by atoms with E-state index in [4.69, 9.17) is 4.42 Å². The van der Waals surface area contributed by atoms with Gasteiger partial charge in [-0.1, -0.05) is 43.7 Å². The first-order valence-corrected chi connectivity index (χ1v) is 11.1. The minimum atomic E-state index is -0.245. The molecule has 3 aromatic rings. The Labute approximate surface area is 181 Å². The first-order chi connectivity index (χ1) is 14.7. The van der Waals surface area contributed by atoms with Crippen molar-refractivity contribution in [1.82, 2.24) is 10.6 Å². The smallest absolute Gasteiger partial charge is 0.287 e. The van der Waals surface area contributed by atoms with Crippen molar-refractivity contribution in [1.29, 1.82) is 0 Å². The summed E-state index contributed by atoms with van der Waals surface area (Å²) in [5, 5.41) is 5.78. The molecule has 0 unspecified atom stereocenters. The van der Waals surface area contributed by atoms with E-state index < -0.39 is 0 Å². The van der Waals surface area contributed by atoms with Gasteiger partial charge in [-0.3, -0.25) is 9.59 Å². The van der Waals surface area contributed by atoms with Crippen molar-refractivity contribution in [3.8, 4) is 0 Å². The summed E-state index contributed by atoms with van der Waals surface area (Å²) in [6.45, 7) is 3.13. The van der Waals surface area contributed by atoms with Crippen molar-refractivity contribution in [2.24, 2.45) is 0 Å². The van der Waals surface area contributed by atoms with E-state index in [2.05, 4.69) is 17.6 Å². The number of furan rings is 1. The molecule has 30 heavy (non-hydrogen) atoms. The Morgan fingerprint density at radius 2 is 1.70 bits per heavy atom. The highest BCUT2D eigenvalue weighted by atomic mass is 32.2. The predicted octanol–water partition coefficient (Wildman–Crippen LogP) is 5.03. The molecule has 0 aliphatic rings. The molecular weight excluding hydrogens is 396 g/mol. The maximum atomic E-state index is 12.6. The van der Waals surface area contributed by atoms with Gasteiger partial charge in [0.25, 0.3) is 11.8 Å². The lowest BCUT2D eigenvalue weighted by Crippen LogP contribution is -2.25. The van der Waals surface area contributed by atoms with Crippen molar-refractivity contribution in [3.63, 3.8) is 0 Å². The Hall–Kier alpha value is -2.99. The fourth-order valence-electron chi connectivity index (χ4n) is 2.84. The summed E-state index contributed by atoms with van der Waals surface area (Å²) >= 11 is 1.66. The molecule has 0 saturated carbocycles. The van der Waals surface area contributed by atoms with Crippen LogP contribution in [0, 0.1) is 0 Å². The van der Waals surface area contributed by atoms with Crippen LogP contribution in [0.4, 0.5) is 0 Å². The molecule has 2 amide bonds. The fourth-order valence-corrected chi connectivity index (χ4v) is 3.74. The maximum absolute atomic E-state index is 12.6. The van der Waals surface area contributed by atoms with Crippen LogP contribution in [0.2, 0.25) is 0 Å². The van der Waals surface area contributed by atoms with E-state index >= 15 is 0 Å². The van der Waals surface area contributed by atoms with Gasteiger partial charge in [0, 0.05) is 34.9 Å². The Morgan fingerprint density at radius 1 is 0.933 bits per heavy atom. The summed E-state index contributed by atoms with van der Waals surface area (Å²) in [5.74, 6) is 0.677. The summed E-state index contributed by atoms with van der Waals surface area (Å²) in [7, 11) is 0. The van der Waals surface area contributed by atoms with E-state index in [0.717, 1.165) is 28.9 Å². The van der Waals surface area contributed by atoms with E-state index in [1.54, 1.807) is 30.2 Å². The molecule has 2 N–H and O–H groups in total. The lowest BCUT2D eigenvalue weighted by molar-refractivity contribution is 0.0920. The Balaban J connectivity index is 1.51. The zero-order valence-corrected chi connectivity index (χ0v) is 17.8. The van der Waals surface area contributed by atoms with Crippen LogP contribution in [-0.4, -0.2) is 18.4 Å². The largest absolute Gasteiger partial charge is 0.459 e. The van der Waals surface area contributed by atoms with Gasteiger partial charge in [0.15, 0.2) is 5.76 Å². The molecular formula is C24H26N2O3S. The number of rotatable bonds is 10. The summed E-state index contributed by atoms with van der Waals surface area (Å²) in [6, 6.07) is 19.1. The molecule has 156 valence electrons. The van der Waals surface area contributed by atoms with Crippen LogP contribution in [0.5, 0.6) is 0 Å². The van der Waals surface area contributed by atoms with Gasteiger partial charge in [0.05, 0.1) is 6.26 Å². The number of hydrogen-bond donors (Lipinski definition) is 2. The average Bonchev–Trinajstić information content (AvgIpc) is 3.26. The molecule has 0 bridgehead atoms. The molecule has 5 nitrogen and oxygen atoms in total. The minimum Gasteiger partial charge on any atom is -0.459 e. The molecule has 6 heteroatoms. The molecule has 0 spiro atoms. The molecule has 1 heterocycles. The van der Waals surface area contributed by atoms with Crippen LogP contribution < -0.4 is 10.6 Å². The Kier molecular flexibility index (Phi) is 8.15. The molecule has 2 aromatic carbocycles. The number of amides is 2. The Bertz CT molecular complexity index is 952. The molecule has 0 saturated heterocycles. The minimum absolute atomic E-state index is 0.0739. The predicted molar refractivity (Wildman–Crippen MR) is 120 cm³/mol. The van der Waals surface area contributed by atoms with E-state index in [-0.39, 0.29) is 11.8 Å². The van der Waals surface area contributed by atoms with E-state index in [9.17, 15) is 9.59 Å². The highest BCUT2D eigenvalue weighted by molar-refractivity contribution is 7.98. The molecule has 0 aliphatic heterocycles. The van der Waals surface area contributed by atoms with Gasteiger partial charge in [0.1, 0.15) is 0 Å². The highest BCUT2D eigenvalue weighted by Crippen LogP contribution is 2.24. The number of unbranched alkanes of at least 4 members (excludes halogenated alkanes) is 1. The molecule has 3 rings (SSSR count). The SMILES string of the molecule is CCCCNC(=O)c1ccc(CNC(=O)c2occc2CSc2ccccc2)cc1. The number of thioether (sulfide) groups is 1. The summed E-state index contributed by atoms with van der Waals surface area (Å²) < 4.78 is 5.42. The fraction of sp³-hybridized carbons (Fsp3) is 0.250. The maximum Gasteiger partial charge on any atom is 0.287 e. The quantitative estimate of drug-likeness (QED) is 0.355. The van der Waals surface area contributed by atoms with Crippen LogP contribution in [-0.2, 0) is 12.3 Å². The van der Waals surface area contributed by atoms with Crippen molar-refractivity contribution >= 4 is 23.6 Å². The van der Waals surface area contributed by atoms with Gasteiger partial charge in [-0.15, -0.1) is 11.8 Å². The van der Waals surface area contributed by atoms with Gasteiger partial charge < -0.3 is 15.1 Å². The summed E-state index contributed by atoms with van der Waals surface area (Å²) in [4.78, 5) is 25.8. The van der Waals surface area contributed by atoms with Gasteiger partial charge in [-0.25, -0.2) is 0 Å². The Morgan fingerprint density at radius 3 is 2.43 bits per heavy atom. The van der Waals surface area contributed by atoms with Gasteiger partial charge >= 0.3 is 0 Å². The highest BCUT2D eigenvalue weighted by Gasteiger charge is 2.15. The number of carbonyl (C=O) groups excluding carboxylic acids is 2. The van der Waals surface area contributed by atoms with Gasteiger partial charge in [0.2, 0.25) is 0 Å². The molecule has 0 fully saturated rings. The number of nitrogens with one attached hydrogen (secondary N) is 2. The van der Waals surface area contributed by atoms with Crippen molar-refractivity contribution in [2.75, 3.05) is 6.54 Å². The summed E-state index contributed by atoms with van der Waals surface area (Å²) in [6.07, 6.45) is 3.55. The van der Waals surface area contributed by atoms with E-state index in [0.29, 0.717) is 30.2 Å². The second-order valence-electron chi connectivity index (χ2n) is 6.87. The third-order valence-electron chi connectivity index (χ3n) is 4.58. The van der Waals surface area contributed by atoms with Crippen molar-refractivity contribution in [2.45, 2.75) is 37.0 Å². The lowest BCUT2D eigenvalue weighted by Gasteiger charge is -2.07. The van der Waals surface area contributed by atoms with Crippen LogP contribution >= 0.6 is 11.8 Å². The zero-order valence-electron chi connectivity index (χ0n) is 17.0. The second kappa shape index (κ2) is 11.3. The van der Waals surface area contributed by atoms with E-state index in [1.807, 2.05) is 48.5 Å². The molecule has 1 aromatic heterocycles. The molecule has 0 aliphatic carbocycles. The zero-order chi connectivity index (χ0) is 21.2. The first-order valence-electron chi connectivity index (χ1n) is 10.1. The topological polar surface area (TPSA) is 71.3 Å². The number of hydrogen-bond acceptors (Lipinski definition) is 4. The van der Waals surface area contributed by atoms with E-state index in [1.165, 1.54) is 0 Å². The average molecular weight is 423 g/mol. The summed E-state index contributed by atoms with van der Waals surface area (Å²) in [5.41, 5.74) is 2.40. The van der Waals surface area contributed by atoms with Crippen molar-refractivity contribution < 1.29 is 14.0 Å². The first kappa shape index (κ1) is 21.7. The van der Waals surface area contributed by atoms with Crippen LogP contribution in [0.25, 0.3) is 0 Å². The van der Waals surface area contributed by atoms with Crippen LogP contribution in [0.1, 0.15) is 51.8 Å². The number of carbonyl (C=O) groups is 2. The third-order valence-corrected chi connectivity index (χ3v) is 5.64. The van der Waals surface area contributed by atoms with Gasteiger partial charge in [-0.2, -0.15) is 0 Å². The van der Waals surface area contributed by atoms with Crippen LogP contribution in [0.3, 0.4) is 0 Å².